The minimum absolute atomic E-state index is 0.0635. The number of rotatable bonds is 5. The molecule has 0 radical (unpaired) electrons. The van der Waals surface area contributed by atoms with Crippen LogP contribution in [-0.2, 0) is 21.3 Å². The fraction of sp³-hybridized carbons (Fsp3) is 0.538. The highest BCUT2D eigenvalue weighted by molar-refractivity contribution is 7.89. The van der Waals surface area contributed by atoms with Crippen molar-refractivity contribution in [2.24, 2.45) is 11.7 Å². The molecule has 0 bridgehead atoms. The molecule has 118 valence electrons. The Labute approximate surface area is 122 Å². The topological polar surface area (TPSA) is 72.6 Å². The van der Waals surface area contributed by atoms with Gasteiger partial charge >= 0.3 is 0 Å². The predicted octanol–water partition coefficient (Wildman–Crippen LogP) is 1.08. The van der Waals surface area contributed by atoms with Gasteiger partial charge in [-0.25, -0.2) is 17.2 Å². The zero-order chi connectivity index (χ0) is 15.6. The molecule has 1 atom stereocenters. The van der Waals surface area contributed by atoms with Gasteiger partial charge in [-0.15, -0.1) is 0 Å². The Morgan fingerprint density at radius 2 is 2.14 bits per heavy atom. The minimum Gasteiger partial charge on any atom is -0.384 e. The van der Waals surface area contributed by atoms with Crippen molar-refractivity contribution < 1.29 is 21.9 Å². The lowest BCUT2D eigenvalue weighted by molar-refractivity contribution is 0.157. The number of halogens is 2. The van der Waals surface area contributed by atoms with Crippen molar-refractivity contribution in [3.8, 4) is 0 Å². The van der Waals surface area contributed by atoms with E-state index in [4.69, 9.17) is 10.5 Å². The fourth-order valence-electron chi connectivity index (χ4n) is 2.45. The van der Waals surface area contributed by atoms with E-state index in [0.717, 1.165) is 16.4 Å². The van der Waals surface area contributed by atoms with Gasteiger partial charge in [0.25, 0.3) is 0 Å². The Balaban J connectivity index is 2.34. The molecule has 1 unspecified atom stereocenters. The molecule has 0 spiro atoms. The number of methoxy groups -OCH3 is 1. The molecule has 5 nitrogen and oxygen atoms in total. The zero-order valence-corrected chi connectivity index (χ0v) is 12.5. The van der Waals surface area contributed by atoms with Crippen LogP contribution in [0.5, 0.6) is 0 Å². The van der Waals surface area contributed by atoms with Gasteiger partial charge in [-0.05, 0) is 30.0 Å². The van der Waals surface area contributed by atoms with Crippen LogP contribution in [0.2, 0.25) is 0 Å². The molecule has 8 heteroatoms. The van der Waals surface area contributed by atoms with Crippen LogP contribution in [0, 0.1) is 17.6 Å². The van der Waals surface area contributed by atoms with Gasteiger partial charge in [-0.1, -0.05) is 0 Å². The molecule has 1 saturated heterocycles. The lowest BCUT2D eigenvalue weighted by atomic mass is 10.1. The lowest BCUT2D eigenvalue weighted by Gasteiger charge is -2.17. The van der Waals surface area contributed by atoms with Crippen LogP contribution >= 0.6 is 0 Å². The molecule has 1 aliphatic rings. The maximum Gasteiger partial charge on any atom is 0.246 e. The highest BCUT2D eigenvalue weighted by atomic mass is 32.2. The summed E-state index contributed by atoms with van der Waals surface area (Å²) in [5, 5.41) is 0. The average molecular weight is 320 g/mol. The summed E-state index contributed by atoms with van der Waals surface area (Å²) in [7, 11) is -2.53. The standard InChI is InChI=1S/C13H18F2N2O3S/c1-20-8-9-2-3-17(7-9)21(18,19)12-5-10(6-16)4-11(14)13(12)15/h4-5,9H,2-3,6-8,16H2,1H3. The Bertz CT molecular complexity index is 622. The summed E-state index contributed by atoms with van der Waals surface area (Å²) in [5.74, 6) is -2.50. The number of hydrogen-bond donors (Lipinski definition) is 1. The van der Waals surface area contributed by atoms with Crippen LogP contribution < -0.4 is 5.73 Å². The van der Waals surface area contributed by atoms with Crippen LogP contribution in [0.1, 0.15) is 12.0 Å². The number of benzene rings is 1. The van der Waals surface area contributed by atoms with Crippen molar-refractivity contribution in [2.45, 2.75) is 17.9 Å². The van der Waals surface area contributed by atoms with Crippen LogP contribution in [-0.4, -0.2) is 39.5 Å². The van der Waals surface area contributed by atoms with E-state index >= 15 is 0 Å². The van der Waals surface area contributed by atoms with E-state index in [2.05, 4.69) is 0 Å². The quantitative estimate of drug-likeness (QED) is 0.881. The third-order valence-electron chi connectivity index (χ3n) is 3.56. The molecule has 1 heterocycles. The highest BCUT2D eigenvalue weighted by Gasteiger charge is 2.35. The molecule has 1 aromatic rings. The number of ether oxygens (including phenoxy) is 1. The van der Waals surface area contributed by atoms with E-state index in [-0.39, 0.29) is 31.1 Å². The normalized spacial score (nSPS) is 20.1. The summed E-state index contributed by atoms with van der Waals surface area (Å²) in [5.41, 5.74) is 5.62. The molecule has 2 N–H and O–H groups in total. The molecule has 2 rings (SSSR count). The van der Waals surface area contributed by atoms with Crippen LogP contribution in [0.3, 0.4) is 0 Å². The molecule has 1 aromatic carbocycles. The highest BCUT2D eigenvalue weighted by Crippen LogP contribution is 2.28. The molecule has 0 aromatic heterocycles. The summed E-state index contributed by atoms with van der Waals surface area (Å²) >= 11 is 0. The van der Waals surface area contributed by atoms with Crippen LogP contribution in [0.25, 0.3) is 0 Å². The van der Waals surface area contributed by atoms with Crippen molar-refractivity contribution in [2.75, 3.05) is 26.8 Å². The number of nitrogens with zero attached hydrogens (tertiary/aromatic N) is 1. The Morgan fingerprint density at radius 3 is 2.76 bits per heavy atom. The number of nitrogens with two attached hydrogens (primary N) is 1. The van der Waals surface area contributed by atoms with E-state index in [9.17, 15) is 17.2 Å². The molecule has 1 aliphatic heterocycles. The van der Waals surface area contributed by atoms with E-state index < -0.39 is 26.6 Å². The summed E-state index contributed by atoms with van der Waals surface area (Å²) in [6.07, 6.45) is 0.633. The summed E-state index contributed by atoms with van der Waals surface area (Å²) in [6.45, 7) is 0.881. The van der Waals surface area contributed by atoms with Gasteiger partial charge in [0, 0.05) is 26.7 Å². The van der Waals surface area contributed by atoms with Gasteiger partial charge < -0.3 is 10.5 Å². The van der Waals surface area contributed by atoms with Crippen LogP contribution in [0.15, 0.2) is 17.0 Å². The van der Waals surface area contributed by atoms with E-state index in [0.29, 0.717) is 13.0 Å². The van der Waals surface area contributed by atoms with Gasteiger partial charge in [0.1, 0.15) is 4.90 Å². The van der Waals surface area contributed by atoms with Crippen molar-refractivity contribution in [1.82, 2.24) is 4.31 Å². The smallest absolute Gasteiger partial charge is 0.246 e. The van der Waals surface area contributed by atoms with Gasteiger partial charge in [-0.2, -0.15) is 4.31 Å². The van der Waals surface area contributed by atoms with Gasteiger partial charge in [-0.3, -0.25) is 0 Å². The molecule has 0 amide bonds. The second kappa shape index (κ2) is 6.35. The molecule has 0 aliphatic carbocycles. The van der Waals surface area contributed by atoms with Crippen molar-refractivity contribution >= 4 is 10.0 Å². The van der Waals surface area contributed by atoms with Gasteiger partial charge in [0.15, 0.2) is 11.6 Å². The van der Waals surface area contributed by atoms with E-state index in [1.807, 2.05) is 0 Å². The lowest BCUT2D eigenvalue weighted by Crippen LogP contribution is -2.30. The minimum atomic E-state index is -4.07. The molecular weight excluding hydrogens is 302 g/mol. The predicted molar refractivity (Wildman–Crippen MR) is 73.0 cm³/mol. The first kappa shape index (κ1) is 16.3. The zero-order valence-electron chi connectivity index (χ0n) is 11.7. The first-order valence-corrected chi connectivity index (χ1v) is 8.01. The van der Waals surface area contributed by atoms with E-state index in [1.54, 1.807) is 0 Å². The number of sulfonamides is 1. The third-order valence-corrected chi connectivity index (χ3v) is 5.42. The second-order valence-corrected chi connectivity index (χ2v) is 6.97. The largest absolute Gasteiger partial charge is 0.384 e. The fourth-order valence-corrected chi connectivity index (χ4v) is 4.10. The van der Waals surface area contributed by atoms with Crippen molar-refractivity contribution in [3.63, 3.8) is 0 Å². The van der Waals surface area contributed by atoms with Crippen molar-refractivity contribution in [1.29, 1.82) is 0 Å². The Morgan fingerprint density at radius 1 is 1.43 bits per heavy atom. The summed E-state index contributed by atoms with van der Waals surface area (Å²) < 4.78 is 58.5. The monoisotopic (exact) mass is 320 g/mol. The van der Waals surface area contributed by atoms with E-state index in [1.165, 1.54) is 7.11 Å². The maximum atomic E-state index is 13.9. The Hall–Kier alpha value is -1.09. The molecular formula is C13H18F2N2O3S. The molecule has 21 heavy (non-hydrogen) atoms. The SMILES string of the molecule is COCC1CCN(S(=O)(=O)c2cc(CN)cc(F)c2F)C1. The van der Waals surface area contributed by atoms with Gasteiger partial charge in [0.05, 0.1) is 6.61 Å². The molecule has 0 saturated carbocycles. The number of hydrogen-bond acceptors (Lipinski definition) is 4. The Kier molecular flexibility index (Phi) is 4.92. The summed E-state index contributed by atoms with van der Waals surface area (Å²) in [4.78, 5) is -0.652. The third kappa shape index (κ3) is 3.23. The average Bonchev–Trinajstić information content (AvgIpc) is 2.91. The van der Waals surface area contributed by atoms with Gasteiger partial charge in [0.2, 0.25) is 10.0 Å². The summed E-state index contributed by atoms with van der Waals surface area (Å²) in [6, 6.07) is 2.00. The van der Waals surface area contributed by atoms with Crippen LogP contribution in [0.4, 0.5) is 8.78 Å². The first-order chi connectivity index (χ1) is 9.90. The first-order valence-electron chi connectivity index (χ1n) is 6.57. The second-order valence-electron chi connectivity index (χ2n) is 5.07. The molecule has 1 fully saturated rings. The van der Waals surface area contributed by atoms with Crippen molar-refractivity contribution in [3.05, 3.63) is 29.3 Å². The maximum absolute atomic E-state index is 13.9.